The molecule has 8 nitrogen and oxygen atoms in total. The second kappa shape index (κ2) is 14.5. The van der Waals surface area contributed by atoms with Crippen LogP contribution in [0.5, 0.6) is 5.75 Å². The molecule has 0 saturated heterocycles. The van der Waals surface area contributed by atoms with Gasteiger partial charge in [0.25, 0.3) is 10.0 Å². The molecule has 1 fully saturated rings. The monoisotopic (exact) mass is 613 g/mol. The van der Waals surface area contributed by atoms with Gasteiger partial charge in [0.05, 0.1) is 17.2 Å². The molecule has 0 spiro atoms. The summed E-state index contributed by atoms with van der Waals surface area (Å²) in [6.45, 7) is 3.34. The number of halogens is 2. The number of anilines is 1. The zero-order valence-corrected chi connectivity index (χ0v) is 25.2. The van der Waals surface area contributed by atoms with Crippen LogP contribution in [0.3, 0.4) is 0 Å². The summed E-state index contributed by atoms with van der Waals surface area (Å²) in [7, 11) is -4.35. The van der Waals surface area contributed by atoms with Gasteiger partial charge in [-0.1, -0.05) is 31.9 Å². The molecule has 3 aromatic carbocycles. The Labute approximate surface area is 251 Å². The molecule has 1 saturated carbocycles. The molecule has 0 aliphatic heterocycles. The van der Waals surface area contributed by atoms with Crippen LogP contribution in [0, 0.1) is 11.6 Å². The number of carbonyl (C=O) groups excluding carboxylic acids is 2. The van der Waals surface area contributed by atoms with Gasteiger partial charge in [0, 0.05) is 12.6 Å². The summed E-state index contributed by atoms with van der Waals surface area (Å²) < 4.78 is 61.6. The molecule has 1 aliphatic rings. The summed E-state index contributed by atoms with van der Waals surface area (Å²) in [5.41, 5.74) is 0.766. The van der Waals surface area contributed by atoms with E-state index in [0.717, 1.165) is 54.3 Å². The minimum Gasteiger partial charge on any atom is -0.494 e. The molecule has 0 unspecified atom stereocenters. The first-order valence-electron chi connectivity index (χ1n) is 14.5. The maximum atomic E-state index is 14.1. The highest BCUT2D eigenvalue weighted by Crippen LogP contribution is 2.27. The minimum absolute atomic E-state index is 0.0172. The SMILES string of the molecule is CCOc1ccc(N(CC(=O)N(Cc2ccc(F)cc2)[C@H](CC)C(=O)NC2CCCC2)S(=O)(=O)c2ccc(F)cc2)cc1. The van der Waals surface area contributed by atoms with Crippen molar-refractivity contribution in [2.45, 2.75) is 69.5 Å². The topological polar surface area (TPSA) is 96.0 Å². The Morgan fingerprint density at radius 3 is 2.05 bits per heavy atom. The van der Waals surface area contributed by atoms with Gasteiger partial charge in [-0.3, -0.25) is 13.9 Å². The van der Waals surface area contributed by atoms with Crippen molar-refractivity contribution in [2.24, 2.45) is 0 Å². The van der Waals surface area contributed by atoms with Crippen molar-refractivity contribution < 1.29 is 31.5 Å². The lowest BCUT2D eigenvalue weighted by atomic mass is 10.1. The smallest absolute Gasteiger partial charge is 0.264 e. The highest BCUT2D eigenvalue weighted by molar-refractivity contribution is 7.92. The summed E-state index contributed by atoms with van der Waals surface area (Å²) in [6.07, 6.45) is 4.01. The zero-order chi connectivity index (χ0) is 31.0. The van der Waals surface area contributed by atoms with Crippen LogP contribution in [-0.4, -0.2) is 50.4 Å². The summed E-state index contributed by atoms with van der Waals surface area (Å²) >= 11 is 0. The van der Waals surface area contributed by atoms with Crippen LogP contribution in [0.25, 0.3) is 0 Å². The molecule has 11 heteroatoms. The number of hydrogen-bond donors (Lipinski definition) is 1. The Balaban J connectivity index is 1.71. The van der Waals surface area contributed by atoms with Crippen molar-refractivity contribution in [1.82, 2.24) is 10.2 Å². The van der Waals surface area contributed by atoms with Crippen molar-refractivity contribution in [3.05, 3.63) is 90.0 Å². The quantitative estimate of drug-likeness (QED) is 0.278. The Hall–Kier alpha value is -3.99. The maximum Gasteiger partial charge on any atom is 0.264 e. The molecule has 0 bridgehead atoms. The minimum atomic E-state index is -4.35. The van der Waals surface area contributed by atoms with Gasteiger partial charge in [-0.25, -0.2) is 17.2 Å². The van der Waals surface area contributed by atoms with E-state index in [2.05, 4.69) is 5.32 Å². The number of sulfonamides is 1. The van der Waals surface area contributed by atoms with E-state index in [4.69, 9.17) is 4.74 Å². The van der Waals surface area contributed by atoms with E-state index in [9.17, 15) is 26.8 Å². The van der Waals surface area contributed by atoms with Crippen molar-refractivity contribution in [3.63, 3.8) is 0 Å². The summed E-state index contributed by atoms with van der Waals surface area (Å²) in [6, 6.07) is 15.3. The average Bonchev–Trinajstić information content (AvgIpc) is 3.50. The van der Waals surface area contributed by atoms with Gasteiger partial charge < -0.3 is 15.0 Å². The van der Waals surface area contributed by atoms with E-state index >= 15 is 0 Å². The van der Waals surface area contributed by atoms with Gasteiger partial charge in [-0.15, -0.1) is 0 Å². The summed E-state index contributed by atoms with van der Waals surface area (Å²) in [5, 5.41) is 3.05. The van der Waals surface area contributed by atoms with Gasteiger partial charge in [-0.05, 0) is 92.4 Å². The number of nitrogens with zero attached hydrogens (tertiary/aromatic N) is 2. The molecule has 0 aromatic heterocycles. The highest BCUT2D eigenvalue weighted by Gasteiger charge is 2.34. The predicted molar refractivity (Wildman–Crippen MR) is 160 cm³/mol. The fraction of sp³-hybridized carbons (Fsp3) is 0.375. The lowest BCUT2D eigenvalue weighted by Gasteiger charge is -2.33. The molecule has 1 N–H and O–H groups in total. The lowest BCUT2D eigenvalue weighted by molar-refractivity contribution is -0.140. The third kappa shape index (κ3) is 8.10. The Kier molecular flexibility index (Phi) is 10.7. The van der Waals surface area contributed by atoms with E-state index in [1.807, 2.05) is 6.92 Å². The molecule has 3 aromatic rings. The van der Waals surface area contributed by atoms with Crippen molar-refractivity contribution >= 4 is 27.5 Å². The van der Waals surface area contributed by atoms with Crippen LogP contribution < -0.4 is 14.4 Å². The van der Waals surface area contributed by atoms with E-state index < -0.39 is 40.2 Å². The number of nitrogens with one attached hydrogen (secondary N) is 1. The van der Waals surface area contributed by atoms with E-state index in [0.29, 0.717) is 17.9 Å². The third-order valence-electron chi connectivity index (χ3n) is 7.47. The molecular weight excluding hydrogens is 576 g/mol. The van der Waals surface area contributed by atoms with Crippen LogP contribution in [0.15, 0.2) is 77.7 Å². The Bertz CT molecular complexity index is 1480. The van der Waals surface area contributed by atoms with Gasteiger partial charge in [-0.2, -0.15) is 0 Å². The second-order valence-corrected chi connectivity index (χ2v) is 12.3. The molecule has 1 atom stereocenters. The summed E-state index contributed by atoms with van der Waals surface area (Å²) in [4.78, 5) is 28.7. The number of hydrogen-bond acceptors (Lipinski definition) is 5. The maximum absolute atomic E-state index is 14.1. The standard InChI is InChI=1S/C32H37F2N3O5S/c1-3-30(32(39)35-26-7-5-6-8-26)36(21-23-9-11-24(33)12-10-23)31(38)22-37(27-15-17-28(18-16-27)42-4-2)43(40,41)29-19-13-25(34)14-20-29/h9-20,26,30H,3-8,21-22H2,1-2H3,(H,35,39)/t30-/m1/s1. The van der Waals surface area contributed by atoms with Gasteiger partial charge >= 0.3 is 0 Å². The normalized spacial score (nSPS) is 14.2. The molecule has 43 heavy (non-hydrogen) atoms. The number of rotatable bonds is 13. The first-order valence-corrected chi connectivity index (χ1v) is 15.9. The largest absolute Gasteiger partial charge is 0.494 e. The van der Waals surface area contributed by atoms with E-state index in [1.54, 1.807) is 19.1 Å². The zero-order valence-electron chi connectivity index (χ0n) is 24.3. The molecule has 4 rings (SSSR count). The van der Waals surface area contributed by atoms with Gasteiger partial charge in [0.1, 0.15) is 30.0 Å². The van der Waals surface area contributed by atoms with Crippen LogP contribution in [0.4, 0.5) is 14.5 Å². The fourth-order valence-electron chi connectivity index (χ4n) is 5.21. The second-order valence-electron chi connectivity index (χ2n) is 10.5. The van der Waals surface area contributed by atoms with Crippen molar-refractivity contribution in [3.8, 4) is 5.75 Å². The number of benzene rings is 3. The van der Waals surface area contributed by atoms with Crippen LogP contribution in [-0.2, 0) is 26.2 Å². The summed E-state index contributed by atoms with van der Waals surface area (Å²) in [5.74, 6) is -1.48. The first-order chi connectivity index (χ1) is 20.6. The average molecular weight is 614 g/mol. The van der Waals surface area contributed by atoms with Crippen LogP contribution in [0.2, 0.25) is 0 Å². The van der Waals surface area contributed by atoms with E-state index in [1.165, 1.54) is 41.3 Å². The molecule has 2 amide bonds. The predicted octanol–water partition coefficient (Wildman–Crippen LogP) is 5.43. The van der Waals surface area contributed by atoms with Gasteiger partial charge in [0.2, 0.25) is 11.8 Å². The number of carbonyl (C=O) groups is 2. The first kappa shape index (κ1) is 31.9. The molecule has 0 heterocycles. The fourth-order valence-corrected chi connectivity index (χ4v) is 6.63. The molecule has 0 radical (unpaired) electrons. The number of amides is 2. The lowest BCUT2D eigenvalue weighted by Crippen LogP contribution is -2.53. The van der Waals surface area contributed by atoms with Gasteiger partial charge in [0.15, 0.2) is 0 Å². The van der Waals surface area contributed by atoms with Crippen molar-refractivity contribution in [1.29, 1.82) is 0 Å². The molecular formula is C32H37F2N3O5S. The van der Waals surface area contributed by atoms with E-state index in [-0.39, 0.29) is 35.5 Å². The van der Waals surface area contributed by atoms with Crippen molar-refractivity contribution in [2.75, 3.05) is 17.5 Å². The third-order valence-corrected chi connectivity index (χ3v) is 9.26. The number of ether oxygens (including phenoxy) is 1. The highest BCUT2D eigenvalue weighted by atomic mass is 32.2. The van der Waals surface area contributed by atoms with Crippen LogP contribution in [0.1, 0.15) is 51.5 Å². The Morgan fingerprint density at radius 2 is 1.49 bits per heavy atom. The molecule has 1 aliphatic carbocycles. The molecule has 230 valence electrons. The Morgan fingerprint density at radius 1 is 0.907 bits per heavy atom. The van der Waals surface area contributed by atoms with Crippen LogP contribution >= 0.6 is 0 Å².